The van der Waals surface area contributed by atoms with E-state index < -0.39 is 47.2 Å². The van der Waals surface area contributed by atoms with Gasteiger partial charge in [-0.2, -0.15) is 0 Å². The van der Waals surface area contributed by atoms with Gasteiger partial charge in [-0.25, -0.2) is 22.0 Å². The minimum absolute atomic E-state index is 0.135. The van der Waals surface area contributed by atoms with Crippen molar-refractivity contribution >= 4 is 0 Å². The Kier molecular flexibility index (Phi) is 13.0. The normalized spacial score (nSPS) is 12.8. The fourth-order valence-electron chi connectivity index (χ4n) is 4.03. The third-order valence-electron chi connectivity index (χ3n) is 5.87. The van der Waals surface area contributed by atoms with Crippen molar-refractivity contribution in [1.29, 1.82) is 0 Å². The van der Waals surface area contributed by atoms with Gasteiger partial charge in [0.05, 0.1) is 23.9 Å². The maximum atomic E-state index is 14.5. The Morgan fingerprint density at radius 2 is 1.16 bits per heavy atom. The zero-order chi connectivity index (χ0) is 27.5. The Balaban J connectivity index is 2.35. The lowest BCUT2D eigenvalue weighted by Gasteiger charge is -2.28. The molecule has 0 aliphatic rings. The molecule has 0 aromatic heterocycles. The molecule has 2 rings (SSSR count). The van der Waals surface area contributed by atoms with Gasteiger partial charge < -0.3 is 14.2 Å². The molecular weight excluding hydrogens is 491 g/mol. The third kappa shape index (κ3) is 9.34. The molecule has 0 aliphatic heterocycles. The molecule has 37 heavy (non-hydrogen) atoms. The van der Waals surface area contributed by atoms with Crippen LogP contribution in [0.25, 0.3) is 11.1 Å². The number of benzene rings is 2. The second kappa shape index (κ2) is 15.4. The van der Waals surface area contributed by atoms with Gasteiger partial charge in [-0.05, 0) is 51.3 Å². The minimum atomic E-state index is -2.19. The highest BCUT2D eigenvalue weighted by Crippen LogP contribution is 2.35. The van der Waals surface area contributed by atoms with E-state index in [0.717, 1.165) is 25.7 Å². The Labute approximate surface area is 217 Å². The molecule has 208 valence electrons. The monoisotopic (exact) mass is 530 g/mol. The van der Waals surface area contributed by atoms with E-state index in [1.165, 1.54) is 37.5 Å². The van der Waals surface area contributed by atoms with Crippen molar-refractivity contribution in [2.45, 2.75) is 111 Å². The molecule has 3 nitrogen and oxygen atoms in total. The van der Waals surface area contributed by atoms with E-state index in [2.05, 4.69) is 6.92 Å². The molecule has 2 aromatic rings. The smallest absolute Gasteiger partial charge is 0.272 e. The van der Waals surface area contributed by atoms with Gasteiger partial charge in [0.25, 0.3) is 6.48 Å². The molecule has 1 unspecified atom stereocenters. The fourth-order valence-corrected chi connectivity index (χ4v) is 4.03. The molecule has 2 aromatic carbocycles. The summed E-state index contributed by atoms with van der Waals surface area (Å²) in [7, 11) is 0. The molecule has 0 aliphatic carbocycles. The summed E-state index contributed by atoms with van der Waals surface area (Å²) in [6.45, 7) is 8.54. The highest BCUT2D eigenvalue weighted by molar-refractivity contribution is 5.66. The first-order chi connectivity index (χ1) is 17.6. The Hall–Kier alpha value is -2.03. The van der Waals surface area contributed by atoms with E-state index in [1.807, 2.05) is 27.7 Å². The second-order valence-electron chi connectivity index (χ2n) is 9.76. The van der Waals surface area contributed by atoms with Gasteiger partial charge >= 0.3 is 0 Å². The molecule has 0 N–H and O–H groups in total. The summed E-state index contributed by atoms with van der Waals surface area (Å²) < 4.78 is 88.0. The SMILES string of the molecule is CCCCCCCCCC(OC(OC(C)C)OC(C)C)c1cccc(-c2c(F)c(F)c(F)c(F)c2F)c1. The van der Waals surface area contributed by atoms with Crippen LogP contribution in [0.15, 0.2) is 24.3 Å². The van der Waals surface area contributed by atoms with Gasteiger partial charge in [-0.3, -0.25) is 0 Å². The first-order valence-electron chi connectivity index (χ1n) is 13.1. The van der Waals surface area contributed by atoms with Crippen LogP contribution in [0, 0.1) is 29.1 Å². The van der Waals surface area contributed by atoms with E-state index in [-0.39, 0.29) is 17.8 Å². The van der Waals surface area contributed by atoms with Crippen LogP contribution >= 0.6 is 0 Å². The minimum Gasteiger partial charge on any atom is -0.327 e. The van der Waals surface area contributed by atoms with Gasteiger partial charge in [0.2, 0.25) is 5.82 Å². The lowest BCUT2D eigenvalue weighted by Crippen LogP contribution is -2.29. The summed E-state index contributed by atoms with van der Waals surface area (Å²) in [5.74, 6) is -9.89. The van der Waals surface area contributed by atoms with Gasteiger partial charge in [-0.1, -0.05) is 70.1 Å². The van der Waals surface area contributed by atoms with Crippen LogP contribution in [0.1, 0.15) is 97.7 Å². The average molecular weight is 531 g/mol. The van der Waals surface area contributed by atoms with E-state index in [1.54, 1.807) is 6.07 Å². The first kappa shape index (κ1) is 31.2. The number of unbranched alkanes of at least 4 members (excludes halogenated alkanes) is 6. The van der Waals surface area contributed by atoms with Crippen LogP contribution in [-0.2, 0) is 14.2 Å². The van der Waals surface area contributed by atoms with Gasteiger partial charge in [0.1, 0.15) is 0 Å². The van der Waals surface area contributed by atoms with Crippen molar-refractivity contribution in [3.05, 3.63) is 58.9 Å². The van der Waals surface area contributed by atoms with Crippen molar-refractivity contribution in [2.24, 2.45) is 0 Å². The predicted octanol–water partition coefficient (Wildman–Crippen LogP) is 9.38. The zero-order valence-corrected chi connectivity index (χ0v) is 22.4. The third-order valence-corrected chi connectivity index (χ3v) is 5.87. The standard InChI is InChI=1S/C29H39F5O3/c1-6-7-8-9-10-11-12-16-22(37-29(35-18(2)3)36-19(4)5)20-14-13-15-21(17-20)23-24(30)26(32)28(34)27(33)25(23)31/h13-15,17-19,22,29H,6-12,16H2,1-5H3. The van der Waals surface area contributed by atoms with Crippen molar-refractivity contribution in [1.82, 2.24) is 0 Å². The number of ether oxygens (including phenoxy) is 3. The second-order valence-corrected chi connectivity index (χ2v) is 9.76. The Morgan fingerprint density at radius 1 is 0.649 bits per heavy atom. The molecule has 8 heteroatoms. The fraction of sp³-hybridized carbons (Fsp3) is 0.586. The molecule has 0 saturated carbocycles. The maximum Gasteiger partial charge on any atom is 0.272 e. The summed E-state index contributed by atoms with van der Waals surface area (Å²) in [4.78, 5) is 0. The van der Waals surface area contributed by atoms with Crippen LogP contribution < -0.4 is 0 Å². The predicted molar refractivity (Wildman–Crippen MR) is 134 cm³/mol. The summed E-state index contributed by atoms with van der Waals surface area (Å²) in [6.07, 6.45) is 7.17. The van der Waals surface area contributed by atoms with Crippen molar-refractivity contribution in [2.75, 3.05) is 0 Å². The topological polar surface area (TPSA) is 27.7 Å². The van der Waals surface area contributed by atoms with Crippen LogP contribution in [0.2, 0.25) is 0 Å². The lowest BCUT2D eigenvalue weighted by molar-refractivity contribution is -0.328. The van der Waals surface area contributed by atoms with Crippen LogP contribution in [0.5, 0.6) is 0 Å². The van der Waals surface area contributed by atoms with Crippen LogP contribution in [0.4, 0.5) is 22.0 Å². The molecule has 0 amide bonds. The van der Waals surface area contributed by atoms with E-state index >= 15 is 0 Å². The molecule has 1 atom stereocenters. The maximum absolute atomic E-state index is 14.5. The molecule has 0 fully saturated rings. The summed E-state index contributed by atoms with van der Waals surface area (Å²) in [5.41, 5.74) is -0.581. The number of halogens is 5. The van der Waals surface area contributed by atoms with Crippen molar-refractivity contribution in [3.8, 4) is 11.1 Å². The number of rotatable bonds is 16. The molecule has 0 radical (unpaired) electrons. The van der Waals surface area contributed by atoms with E-state index in [4.69, 9.17) is 14.2 Å². The highest BCUT2D eigenvalue weighted by Gasteiger charge is 2.28. The molecule has 0 bridgehead atoms. The highest BCUT2D eigenvalue weighted by atomic mass is 19.2. The zero-order valence-electron chi connectivity index (χ0n) is 22.4. The quantitative estimate of drug-likeness (QED) is 0.0711. The van der Waals surface area contributed by atoms with Crippen LogP contribution in [0.3, 0.4) is 0 Å². The number of hydrogen-bond donors (Lipinski definition) is 0. The summed E-state index contributed by atoms with van der Waals surface area (Å²) in [6, 6.07) is 5.90. The molecule has 0 spiro atoms. The molecule has 0 heterocycles. The van der Waals surface area contributed by atoms with Gasteiger partial charge in [-0.15, -0.1) is 0 Å². The molecule has 0 saturated heterocycles. The lowest BCUT2D eigenvalue weighted by atomic mass is 9.96. The first-order valence-corrected chi connectivity index (χ1v) is 13.1. The van der Waals surface area contributed by atoms with Crippen LogP contribution in [-0.4, -0.2) is 18.7 Å². The Morgan fingerprint density at radius 3 is 1.70 bits per heavy atom. The Bertz CT molecular complexity index is 941. The van der Waals surface area contributed by atoms with Gasteiger partial charge in [0, 0.05) is 0 Å². The summed E-state index contributed by atoms with van der Waals surface area (Å²) in [5, 5.41) is 0. The van der Waals surface area contributed by atoms with E-state index in [0.29, 0.717) is 12.0 Å². The largest absolute Gasteiger partial charge is 0.327 e. The van der Waals surface area contributed by atoms with E-state index in [9.17, 15) is 22.0 Å². The van der Waals surface area contributed by atoms with Crippen molar-refractivity contribution in [3.63, 3.8) is 0 Å². The van der Waals surface area contributed by atoms with Gasteiger partial charge in [0.15, 0.2) is 23.3 Å². The summed E-state index contributed by atoms with van der Waals surface area (Å²) >= 11 is 0. The average Bonchev–Trinajstić information content (AvgIpc) is 2.84. The number of hydrogen-bond acceptors (Lipinski definition) is 3. The van der Waals surface area contributed by atoms with Crippen molar-refractivity contribution < 1.29 is 36.2 Å². The molecular formula is C29H39F5O3.